The minimum atomic E-state index is -0.199. The average Bonchev–Trinajstić information content (AvgIpc) is 2.47. The van der Waals surface area contributed by atoms with Gasteiger partial charge >= 0.3 is 0 Å². The number of nitrogens with two attached hydrogens (primary N) is 1. The summed E-state index contributed by atoms with van der Waals surface area (Å²) in [4.78, 5) is 11.8. The lowest BCUT2D eigenvalue weighted by Crippen LogP contribution is -2.07. The molecule has 0 aliphatic heterocycles. The lowest BCUT2D eigenvalue weighted by molar-refractivity contribution is -0.111. The van der Waals surface area contributed by atoms with Crippen LogP contribution in [0, 0.1) is 0 Å². The molecule has 2 aromatic rings. The molecule has 0 aliphatic carbocycles. The quantitative estimate of drug-likeness (QED) is 0.662. The molecule has 0 saturated heterocycles. The van der Waals surface area contributed by atoms with E-state index in [2.05, 4.69) is 5.32 Å². The maximum atomic E-state index is 11.8. The first-order valence-corrected chi connectivity index (χ1v) is 6.16. The van der Waals surface area contributed by atoms with Crippen molar-refractivity contribution < 1.29 is 9.53 Å². The number of nitrogen functional groups attached to an aromatic ring is 1. The molecule has 0 aliphatic rings. The zero-order valence-electron chi connectivity index (χ0n) is 11.2. The fourth-order valence-corrected chi connectivity index (χ4v) is 1.66. The Hall–Kier alpha value is -2.75. The Morgan fingerprint density at radius 1 is 1.20 bits per heavy atom. The van der Waals surface area contributed by atoms with Gasteiger partial charge in [0.1, 0.15) is 5.75 Å². The summed E-state index contributed by atoms with van der Waals surface area (Å²) in [5.74, 6) is 0.500. The summed E-state index contributed by atoms with van der Waals surface area (Å²) in [5, 5.41) is 2.77. The molecule has 0 spiro atoms. The minimum Gasteiger partial charge on any atom is -0.497 e. The third-order valence-electron chi connectivity index (χ3n) is 2.70. The highest BCUT2D eigenvalue weighted by atomic mass is 16.5. The highest BCUT2D eigenvalue weighted by molar-refractivity contribution is 6.02. The van der Waals surface area contributed by atoms with Gasteiger partial charge in [-0.2, -0.15) is 0 Å². The topological polar surface area (TPSA) is 64.3 Å². The molecule has 1 amide bonds. The van der Waals surface area contributed by atoms with Crippen LogP contribution in [0.2, 0.25) is 0 Å². The molecule has 4 heteroatoms. The van der Waals surface area contributed by atoms with E-state index in [4.69, 9.17) is 10.5 Å². The number of ether oxygens (including phenoxy) is 1. The number of rotatable bonds is 4. The van der Waals surface area contributed by atoms with Crippen molar-refractivity contribution in [3.63, 3.8) is 0 Å². The van der Waals surface area contributed by atoms with Crippen LogP contribution in [-0.4, -0.2) is 13.0 Å². The van der Waals surface area contributed by atoms with Gasteiger partial charge in [0, 0.05) is 23.5 Å². The maximum Gasteiger partial charge on any atom is 0.248 e. The van der Waals surface area contributed by atoms with Crippen LogP contribution in [0.4, 0.5) is 11.4 Å². The molecule has 2 rings (SSSR count). The second-order valence-electron chi connectivity index (χ2n) is 4.22. The van der Waals surface area contributed by atoms with E-state index < -0.39 is 0 Å². The number of hydrogen-bond acceptors (Lipinski definition) is 3. The number of benzene rings is 2. The number of anilines is 2. The first-order valence-electron chi connectivity index (χ1n) is 6.16. The van der Waals surface area contributed by atoms with Gasteiger partial charge in [0.2, 0.25) is 5.91 Å². The average molecular weight is 268 g/mol. The number of carbonyl (C=O) groups excluding carboxylic acids is 1. The third kappa shape index (κ3) is 3.88. The molecular formula is C16H16N2O2. The summed E-state index contributed by atoms with van der Waals surface area (Å²) >= 11 is 0. The number of amides is 1. The van der Waals surface area contributed by atoms with Gasteiger partial charge in [-0.15, -0.1) is 0 Å². The summed E-state index contributed by atoms with van der Waals surface area (Å²) in [6.07, 6.45) is 3.21. The molecule has 0 unspecified atom stereocenters. The van der Waals surface area contributed by atoms with Crippen molar-refractivity contribution in [3.8, 4) is 5.75 Å². The van der Waals surface area contributed by atoms with E-state index in [9.17, 15) is 4.79 Å². The van der Waals surface area contributed by atoms with Crippen LogP contribution in [-0.2, 0) is 4.79 Å². The van der Waals surface area contributed by atoms with Gasteiger partial charge in [-0.1, -0.05) is 18.2 Å². The van der Waals surface area contributed by atoms with E-state index in [0.717, 1.165) is 5.56 Å². The largest absolute Gasteiger partial charge is 0.497 e. The summed E-state index contributed by atoms with van der Waals surface area (Å²) in [5.41, 5.74) is 7.90. The normalized spacial score (nSPS) is 10.4. The molecule has 2 aromatic carbocycles. The molecular weight excluding hydrogens is 252 g/mol. The van der Waals surface area contributed by atoms with Crippen molar-refractivity contribution in [3.05, 3.63) is 60.2 Å². The van der Waals surface area contributed by atoms with Crippen LogP contribution in [0.25, 0.3) is 6.08 Å². The second-order valence-corrected chi connectivity index (χ2v) is 4.22. The molecule has 0 fully saturated rings. The number of nitrogens with one attached hydrogen (secondary N) is 1. The number of methoxy groups -OCH3 is 1. The monoisotopic (exact) mass is 268 g/mol. The molecule has 102 valence electrons. The van der Waals surface area contributed by atoms with Crippen LogP contribution in [0.15, 0.2) is 54.6 Å². The van der Waals surface area contributed by atoms with E-state index >= 15 is 0 Å². The van der Waals surface area contributed by atoms with E-state index in [1.54, 1.807) is 37.5 Å². The molecule has 0 atom stereocenters. The maximum absolute atomic E-state index is 11.8. The summed E-state index contributed by atoms with van der Waals surface area (Å²) in [6.45, 7) is 0. The van der Waals surface area contributed by atoms with Gasteiger partial charge in [0.05, 0.1) is 7.11 Å². The number of hydrogen-bond donors (Lipinski definition) is 2. The Balaban J connectivity index is 1.99. The van der Waals surface area contributed by atoms with E-state index in [-0.39, 0.29) is 5.91 Å². The van der Waals surface area contributed by atoms with Crippen LogP contribution in [0.3, 0.4) is 0 Å². The first kappa shape index (κ1) is 13.7. The van der Waals surface area contributed by atoms with Crippen LogP contribution in [0.5, 0.6) is 5.75 Å². The zero-order valence-corrected chi connectivity index (χ0v) is 11.2. The predicted molar refractivity (Wildman–Crippen MR) is 81.5 cm³/mol. The van der Waals surface area contributed by atoms with Gasteiger partial charge in [-0.05, 0) is 35.9 Å². The van der Waals surface area contributed by atoms with E-state index in [1.807, 2.05) is 24.3 Å². The highest BCUT2D eigenvalue weighted by Crippen LogP contribution is 2.16. The van der Waals surface area contributed by atoms with Gasteiger partial charge < -0.3 is 15.8 Å². The number of carbonyl (C=O) groups is 1. The zero-order chi connectivity index (χ0) is 14.4. The van der Waals surface area contributed by atoms with Gasteiger partial charge in [-0.3, -0.25) is 4.79 Å². The molecule has 0 heterocycles. The SMILES string of the molecule is COc1cccc(NC(=O)/C=C/c2ccc(N)cc2)c1. The van der Waals surface area contributed by atoms with Gasteiger partial charge in [0.15, 0.2) is 0 Å². The van der Waals surface area contributed by atoms with E-state index in [1.165, 1.54) is 6.08 Å². The molecule has 20 heavy (non-hydrogen) atoms. The van der Waals surface area contributed by atoms with Crippen molar-refractivity contribution >= 4 is 23.4 Å². The smallest absolute Gasteiger partial charge is 0.248 e. The fraction of sp³-hybridized carbons (Fsp3) is 0.0625. The summed E-state index contributed by atoms with van der Waals surface area (Å²) in [6, 6.07) is 14.5. The predicted octanol–water partition coefficient (Wildman–Crippen LogP) is 2.93. The highest BCUT2D eigenvalue weighted by Gasteiger charge is 1.99. The molecule has 0 bridgehead atoms. The Labute approximate surface area is 117 Å². The van der Waals surface area contributed by atoms with Crippen molar-refractivity contribution in [1.82, 2.24) is 0 Å². The molecule has 0 saturated carbocycles. The fourth-order valence-electron chi connectivity index (χ4n) is 1.66. The van der Waals surface area contributed by atoms with Gasteiger partial charge in [0.25, 0.3) is 0 Å². The van der Waals surface area contributed by atoms with Crippen molar-refractivity contribution in [2.24, 2.45) is 0 Å². The molecule has 0 aromatic heterocycles. The lowest BCUT2D eigenvalue weighted by Gasteiger charge is -2.04. The molecule has 3 N–H and O–H groups in total. The standard InChI is InChI=1S/C16H16N2O2/c1-20-15-4-2-3-14(11-15)18-16(19)10-7-12-5-8-13(17)9-6-12/h2-11H,17H2,1H3,(H,18,19)/b10-7+. The first-order chi connectivity index (χ1) is 9.67. The molecule has 4 nitrogen and oxygen atoms in total. The van der Waals surface area contributed by atoms with E-state index in [0.29, 0.717) is 17.1 Å². The summed E-state index contributed by atoms with van der Waals surface area (Å²) in [7, 11) is 1.59. The minimum absolute atomic E-state index is 0.199. The van der Waals surface area contributed by atoms with Crippen LogP contribution < -0.4 is 15.8 Å². The van der Waals surface area contributed by atoms with Crippen molar-refractivity contribution in [2.75, 3.05) is 18.2 Å². The van der Waals surface area contributed by atoms with Crippen molar-refractivity contribution in [2.45, 2.75) is 0 Å². The Bertz CT molecular complexity index is 619. The summed E-state index contributed by atoms with van der Waals surface area (Å²) < 4.78 is 5.10. The van der Waals surface area contributed by atoms with Crippen LogP contribution in [0.1, 0.15) is 5.56 Å². The third-order valence-corrected chi connectivity index (χ3v) is 2.70. The Morgan fingerprint density at radius 3 is 2.65 bits per heavy atom. The lowest BCUT2D eigenvalue weighted by atomic mass is 10.2. The Morgan fingerprint density at radius 2 is 1.95 bits per heavy atom. The molecule has 0 radical (unpaired) electrons. The van der Waals surface area contributed by atoms with Crippen molar-refractivity contribution in [1.29, 1.82) is 0 Å². The van der Waals surface area contributed by atoms with Gasteiger partial charge in [-0.25, -0.2) is 0 Å². The second kappa shape index (κ2) is 6.43. The Kier molecular flexibility index (Phi) is 4.39. The van der Waals surface area contributed by atoms with Crippen LogP contribution >= 0.6 is 0 Å².